The van der Waals surface area contributed by atoms with Gasteiger partial charge < -0.3 is 25.2 Å². The number of aryl methyl sites for hydroxylation is 1. The Hall–Kier alpha value is -3.32. The molecule has 1 unspecified atom stereocenters. The van der Waals surface area contributed by atoms with Crippen LogP contribution in [0.3, 0.4) is 0 Å². The highest BCUT2D eigenvalue weighted by Crippen LogP contribution is 2.43. The fourth-order valence-corrected chi connectivity index (χ4v) is 4.04. The fraction of sp³-hybridized carbons (Fsp3) is 0.333. The zero-order chi connectivity index (χ0) is 22.0. The normalized spacial score (nSPS) is 17.2. The Kier molecular flexibility index (Phi) is 5.95. The first-order valence-electron chi connectivity index (χ1n) is 10.6. The van der Waals surface area contributed by atoms with E-state index in [1.165, 1.54) is 0 Å². The number of unbranched alkanes of at least 4 members (excludes halogenated alkanes) is 1. The SMILES string of the molecule is CCCCOC(=O)c1ccc(NC(=O)C2=C(O)N3CCCc4cccc(c43)C2O)cc1. The van der Waals surface area contributed by atoms with Crippen LogP contribution in [0.1, 0.15) is 53.8 Å². The number of para-hydroxylation sites is 1. The highest BCUT2D eigenvalue weighted by Gasteiger charge is 2.38. The number of rotatable bonds is 6. The number of aliphatic hydroxyl groups excluding tert-OH is 2. The molecule has 162 valence electrons. The minimum Gasteiger partial charge on any atom is -0.494 e. The molecule has 4 rings (SSSR count). The molecule has 2 aromatic carbocycles. The first-order valence-corrected chi connectivity index (χ1v) is 10.6. The Balaban J connectivity index is 1.52. The lowest BCUT2D eigenvalue weighted by Gasteiger charge is -2.38. The number of carbonyl (C=O) groups is 2. The van der Waals surface area contributed by atoms with E-state index >= 15 is 0 Å². The molecule has 0 aromatic heterocycles. The van der Waals surface area contributed by atoms with E-state index in [1.807, 2.05) is 19.1 Å². The van der Waals surface area contributed by atoms with Gasteiger partial charge in [-0.15, -0.1) is 0 Å². The third kappa shape index (κ3) is 4.01. The van der Waals surface area contributed by atoms with Gasteiger partial charge in [-0.25, -0.2) is 4.79 Å². The maximum atomic E-state index is 12.9. The van der Waals surface area contributed by atoms with Gasteiger partial charge in [0.25, 0.3) is 5.91 Å². The molecule has 0 spiro atoms. The molecule has 0 fully saturated rings. The van der Waals surface area contributed by atoms with Crippen molar-refractivity contribution in [3.8, 4) is 0 Å². The minimum atomic E-state index is -1.22. The van der Waals surface area contributed by atoms with E-state index < -0.39 is 18.0 Å². The number of esters is 1. The number of ether oxygens (including phenoxy) is 1. The zero-order valence-corrected chi connectivity index (χ0v) is 17.4. The first kappa shape index (κ1) is 20.9. The van der Waals surface area contributed by atoms with Gasteiger partial charge in [0, 0.05) is 17.8 Å². The number of carbonyl (C=O) groups excluding carboxylic acids is 2. The summed E-state index contributed by atoms with van der Waals surface area (Å²) in [6, 6.07) is 11.9. The molecule has 2 aliphatic rings. The monoisotopic (exact) mass is 422 g/mol. The van der Waals surface area contributed by atoms with E-state index in [0.29, 0.717) is 30.0 Å². The fourth-order valence-electron chi connectivity index (χ4n) is 4.04. The zero-order valence-electron chi connectivity index (χ0n) is 17.4. The molecule has 7 nitrogen and oxygen atoms in total. The predicted octanol–water partition coefficient (Wildman–Crippen LogP) is 3.85. The largest absolute Gasteiger partial charge is 0.494 e. The molecule has 0 saturated carbocycles. The summed E-state index contributed by atoms with van der Waals surface area (Å²) in [4.78, 5) is 26.7. The number of amides is 1. The average molecular weight is 422 g/mol. The quantitative estimate of drug-likeness (QED) is 0.483. The van der Waals surface area contributed by atoms with E-state index in [-0.39, 0.29) is 11.5 Å². The molecule has 1 atom stereocenters. The van der Waals surface area contributed by atoms with Crippen LogP contribution in [0.5, 0.6) is 0 Å². The molecule has 0 bridgehead atoms. The molecule has 0 aliphatic carbocycles. The van der Waals surface area contributed by atoms with Crippen molar-refractivity contribution in [2.45, 2.75) is 38.7 Å². The number of aliphatic hydroxyl groups is 2. The van der Waals surface area contributed by atoms with E-state index in [2.05, 4.69) is 5.32 Å². The van der Waals surface area contributed by atoms with E-state index in [0.717, 1.165) is 36.9 Å². The van der Waals surface area contributed by atoms with Crippen molar-refractivity contribution in [2.24, 2.45) is 0 Å². The number of hydrogen-bond donors (Lipinski definition) is 3. The molecule has 31 heavy (non-hydrogen) atoms. The van der Waals surface area contributed by atoms with Crippen LogP contribution in [0.2, 0.25) is 0 Å². The number of benzene rings is 2. The number of nitrogens with one attached hydrogen (secondary N) is 1. The highest BCUT2D eigenvalue weighted by molar-refractivity contribution is 6.06. The molecule has 2 aliphatic heterocycles. The molecule has 2 aromatic rings. The summed E-state index contributed by atoms with van der Waals surface area (Å²) in [6.07, 6.45) is 2.24. The van der Waals surface area contributed by atoms with Crippen molar-refractivity contribution in [1.82, 2.24) is 0 Å². The van der Waals surface area contributed by atoms with Crippen LogP contribution in [-0.2, 0) is 16.0 Å². The third-order valence-corrected chi connectivity index (χ3v) is 5.67. The summed E-state index contributed by atoms with van der Waals surface area (Å²) in [5, 5.41) is 24.4. The van der Waals surface area contributed by atoms with Crippen molar-refractivity contribution in [2.75, 3.05) is 23.4 Å². The lowest BCUT2D eigenvalue weighted by atomic mass is 9.88. The Bertz CT molecular complexity index is 1030. The van der Waals surface area contributed by atoms with Gasteiger partial charge in [-0.05, 0) is 49.1 Å². The standard InChI is InChI=1S/C24H26N2O5/c1-2-3-14-31-24(30)16-9-11-17(12-10-16)25-22(28)19-21(27)18-8-4-6-15-7-5-13-26(20(15)18)23(19)29/h4,6,8-12,21,27,29H,2-3,5,7,13-14H2,1H3,(H,25,28). The molecule has 1 amide bonds. The van der Waals surface area contributed by atoms with Gasteiger partial charge in [-0.3, -0.25) is 4.79 Å². The van der Waals surface area contributed by atoms with Gasteiger partial charge in [0.15, 0.2) is 0 Å². The van der Waals surface area contributed by atoms with Gasteiger partial charge in [0.1, 0.15) is 11.7 Å². The summed E-state index contributed by atoms with van der Waals surface area (Å²) >= 11 is 0. The van der Waals surface area contributed by atoms with Crippen LogP contribution in [0, 0.1) is 0 Å². The Morgan fingerprint density at radius 2 is 1.97 bits per heavy atom. The second kappa shape index (κ2) is 8.81. The maximum absolute atomic E-state index is 12.9. The Morgan fingerprint density at radius 1 is 1.19 bits per heavy atom. The lowest BCUT2D eigenvalue weighted by molar-refractivity contribution is -0.114. The molecule has 0 saturated heterocycles. The summed E-state index contributed by atoms with van der Waals surface area (Å²) in [6.45, 7) is 2.97. The van der Waals surface area contributed by atoms with Crippen molar-refractivity contribution in [3.63, 3.8) is 0 Å². The second-order valence-corrected chi connectivity index (χ2v) is 7.77. The topological polar surface area (TPSA) is 99.1 Å². The average Bonchev–Trinajstić information content (AvgIpc) is 2.78. The van der Waals surface area contributed by atoms with Crippen LogP contribution in [0.4, 0.5) is 11.4 Å². The van der Waals surface area contributed by atoms with E-state index in [1.54, 1.807) is 35.2 Å². The minimum absolute atomic E-state index is 0.0883. The van der Waals surface area contributed by atoms with Gasteiger partial charge in [0.2, 0.25) is 5.88 Å². The van der Waals surface area contributed by atoms with Crippen molar-refractivity contribution >= 4 is 23.3 Å². The van der Waals surface area contributed by atoms with Crippen LogP contribution in [0.25, 0.3) is 0 Å². The first-order chi connectivity index (χ1) is 15.0. The molecule has 2 heterocycles. The summed E-state index contributed by atoms with van der Waals surface area (Å²) in [5.41, 5.74) is 3.21. The Morgan fingerprint density at radius 3 is 2.71 bits per heavy atom. The van der Waals surface area contributed by atoms with Gasteiger partial charge >= 0.3 is 5.97 Å². The van der Waals surface area contributed by atoms with Crippen molar-refractivity contribution in [3.05, 3.63) is 70.6 Å². The maximum Gasteiger partial charge on any atom is 0.338 e. The molecule has 7 heteroatoms. The molecular weight excluding hydrogens is 396 g/mol. The second-order valence-electron chi connectivity index (χ2n) is 7.77. The molecular formula is C24H26N2O5. The van der Waals surface area contributed by atoms with Crippen LogP contribution >= 0.6 is 0 Å². The Labute approximate surface area is 181 Å². The highest BCUT2D eigenvalue weighted by atomic mass is 16.5. The van der Waals surface area contributed by atoms with Crippen LogP contribution in [-0.4, -0.2) is 35.2 Å². The van der Waals surface area contributed by atoms with Gasteiger partial charge in [0.05, 0.1) is 17.9 Å². The van der Waals surface area contributed by atoms with Crippen molar-refractivity contribution in [1.29, 1.82) is 0 Å². The number of anilines is 2. The smallest absolute Gasteiger partial charge is 0.338 e. The van der Waals surface area contributed by atoms with Crippen molar-refractivity contribution < 1.29 is 24.5 Å². The predicted molar refractivity (Wildman–Crippen MR) is 117 cm³/mol. The van der Waals surface area contributed by atoms with Gasteiger partial charge in [-0.1, -0.05) is 31.5 Å². The van der Waals surface area contributed by atoms with Crippen LogP contribution < -0.4 is 10.2 Å². The number of hydrogen-bond acceptors (Lipinski definition) is 6. The number of nitrogens with zero attached hydrogens (tertiary/aromatic N) is 1. The summed E-state index contributed by atoms with van der Waals surface area (Å²) < 4.78 is 5.18. The lowest BCUT2D eigenvalue weighted by Crippen LogP contribution is -2.37. The van der Waals surface area contributed by atoms with E-state index in [4.69, 9.17) is 4.74 Å². The summed E-state index contributed by atoms with van der Waals surface area (Å²) in [7, 11) is 0. The van der Waals surface area contributed by atoms with Gasteiger partial charge in [-0.2, -0.15) is 0 Å². The van der Waals surface area contributed by atoms with E-state index in [9.17, 15) is 19.8 Å². The third-order valence-electron chi connectivity index (χ3n) is 5.67. The van der Waals surface area contributed by atoms with Crippen LogP contribution in [0.15, 0.2) is 53.9 Å². The summed E-state index contributed by atoms with van der Waals surface area (Å²) in [5.74, 6) is -1.22. The molecule has 3 N–H and O–H groups in total. The molecule has 0 radical (unpaired) electrons.